The fourth-order valence-electron chi connectivity index (χ4n) is 9.68. The summed E-state index contributed by atoms with van der Waals surface area (Å²) in [5.74, 6) is 5.37. The summed E-state index contributed by atoms with van der Waals surface area (Å²) in [6.45, 7) is 26.8. The molecule has 0 N–H and O–H groups in total. The summed E-state index contributed by atoms with van der Waals surface area (Å²) in [5, 5.41) is 6.59. The first-order valence-corrected chi connectivity index (χ1v) is 23.7. The Kier molecular flexibility index (Phi) is 11.0. The molecule has 0 saturated heterocycles. The van der Waals surface area contributed by atoms with Gasteiger partial charge in [0.15, 0.2) is 0 Å². The molecule has 0 unspecified atom stereocenters. The third-order valence-corrected chi connectivity index (χ3v) is 13.7. The number of pyridine rings is 1. The smallest absolute Gasteiger partial charge is 0.509 e. The van der Waals surface area contributed by atoms with Crippen LogP contribution in [-0.2, 0) is 42.7 Å². The number of ether oxygens (including phenoxy) is 3. The SMILES string of the molecule is CC(C)(C)c1cc(Oc2[c-]c3c(cc2)c2cc(-c4cc5c6c(c4)Oc4ccc(C(C)(C)C)cc4B6c4cc(C(C)(C)C)ccc4O5)ccc2n3-c2cc(C(C)(C)C)ccn2)[c-]c(-n2cccn2)c1.[Pt+2]. The quantitative estimate of drug-likeness (QED) is 0.127. The van der Waals surface area contributed by atoms with E-state index in [0.29, 0.717) is 11.5 Å². The van der Waals surface area contributed by atoms with Crippen LogP contribution in [0.2, 0.25) is 0 Å². The zero-order valence-corrected chi connectivity index (χ0v) is 43.8. The molecule has 0 atom stereocenters. The van der Waals surface area contributed by atoms with Crippen LogP contribution in [0.5, 0.6) is 34.5 Å². The van der Waals surface area contributed by atoms with Crippen molar-refractivity contribution in [3.05, 3.63) is 162 Å². The molecule has 0 spiro atoms. The molecule has 9 aromatic rings. The second kappa shape index (κ2) is 16.4. The van der Waals surface area contributed by atoms with E-state index in [9.17, 15) is 0 Å². The Balaban J connectivity index is 0.00000553. The van der Waals surface area contributed by atoms with Gasteiger partial charge in [-0.15, -0.1) is 41.3 Å². The molecule has 11 rings (SSSR count). The van der Waals surface area contributed by atoms with Crippen molar-refractivity contribution in [2.45, 2.75) is 105 Å². The van der Waals surface area contributed by atoms with E-state index in [1.807, 2.05) is 29.2 Å². The van der Waals surface area contributed by atoms with Crippen LogP contribution in [0.15, 0.2) is 128 Å². The molecule has 2 aliphatic rings. The predicted molar refractivity (Wildman–Crippen MR) is 278 cm³/mol. The number of hydrogen-bond acceptors (Lipinski definition) is 5. The van der Waals surface area contributed by atoms with Gasteiger partial charge < -0.3 is 18.8 Å². The number of aromatic nitrogens is 4. The van der Waals surface area contributed by atoms with Crippen LogP contribution >= 0.6 is 0 Å². The largest absolute Gasteiger partial charge is 2.00 e. The molecule has 0 aliphatic carbocycles. The van der Waals surface area contributed by atoms with Gasteiger partial charge in [-0.25, -0.2) is 4.98 Å². The van der Waals surface area contributed by atoms with E-state index in [1.165, 1.54) is 27.6 Å². The van der Waals surface area contributed by atoms with E-state index < -0.39 is 0 Å². The average molecular weight is 1090 g/mol. The second-order valence-electron chi connectivity index (χ2n) is 22.8. The van der Waals surface area contributed by atoms with Crippen molar-refractivity contribution in [2.75, 3.05) is 0 Å². The van der Waals surface area contributed by atoms with Gasteiger partial charge in [-0.1, -0.05) is 125 Å². The molecular formula is C60H57BN4O3Pt. The number of hydrogen-bond donors (Lipinski definition) is 0. The van der Waals surface area contributed by atoms with Gasteiger partial charge in [-0.2, -0.15) is 11.2 Å². The van der Waals surface area contributed by atoms with Gasteiger partial charge in [-0.05, 0) is 120 Å². The molecule has 0 radical (unpaired) electrons. The number of fused-ring (bicyclic) bond motifs is 7. The fraction of sp³-hybridized carbons (Fsp3) is 0.267. The van der Waals surface area contributed by atoms with Gasteiger partial charge in [0.05, 0.1) is 0 Å². The Bertz CT molecular complexity index is 3400. The minimum Gasteiger partial charge on any atom is -0.509 e. The van der Waals surface area contributed by atoms with Crippen molar-refractivity contribution >= 4 is 44.9 Å². The Hall–Kier alpha value is -6.37. The molecule has 69 heavy (non-hydrogen) atoms. The van der Waals surface area contributed by atoms with Crippen molar-refractivity contribution < 1.29 is 35.3 Å². The predicted octanol–water partition coefficient (Wildman–Crippen LogP) is 13.3. The number of nitrogens with zero attached hydrogens (tertiary/aromatic N) is 4. The summed E-state index contributed by atoms with van der Waals surface area (Å²) in [5.41, 5.74) is 12.7. The zero-order chi connectivity index (χ0) is 47.7. The Morgan fingerprint density at radius 1 is 0.536 bits per heavy atom. The van der Waals surface area contributed by atoms with Crippen molar-refractivity contribution in [3.8, 4) is 57.1 Å². The third kappa shape index (κ3) is 8.29. The maximum Gasteiger partial charge on any atom is 2.00 e. The summed E-state index contributed by atoms with van der Waals surface area (Å²) in [4.78, 5) is 4.98. The minimum atomic E-state index is -0.131. The van der Waals surface area contributed by atoms with Crippen LogP contribution in [0.3, 0.4) is 0 Å². The van der Waals surface area contributed by atoms with Crippen LogP contribution in [0.25, 0.3) is 44.4 Å². The molecule has 6 aromatic carbocycles. The van der Waals surface area contributed by atoms with E-state index in [0.717, 1.165) is 78.5 Å². The zero-order valence-electron chi connectivity index (χ0n) is 41.5. The normalized spacial score (nSPS) is 13.3. The van der Waals surface area contributed by atoms with Crippen molar-refractivity contribution in [2.24, 2.45) is 0 Å². The van der Waals surface area contributed by atoms with Gasteiger partial charge in [0, 0.05) is 41.1 Å². The first kappa shape index (κ1) is 46.4. The second-order valence-corrected chi connectivity index (χ2v) is 22.8. The monoisotopic (exact) mass is 1090 g/mol. The Morgan fingerprint density at radius 3 is 1.75 bits per heavy atom. The van der Waals surface area contributed by atoms with E-state index >= 15 is 0 Å². The molecule has 0 saturated carbocycles. The molecule has 7 nitrogen and oxygen atoms in total. The first-order valence-electron chi connectivity index (χ1n) is 23.7. The van der Waals surface area contributed by atoms with Crippen LogP contribution in [0.4, 0.5) is 0 Å². The molecular weight excluding hydrogens is 1030 g/mol. The van der Waals surface area contributed by atoms with Crippen LogP contribution < -0.4 is 30.6 Å². The van der Waals surface area contributed by atoms with E-state index in [-0.39, 0.29) is 49.4 Å². The summed E-state index contributed by atoms with van der Waals surface area (Å²) < 4.78 is 24.6. The maximum atomic E-state index is 6.92. The van der Waals surface area contributed by atoms with Crippen molar-refractivity contribution in [1.82, 2.24) is 19.3 Å². The topological polar surface area (TPSA) is 63.3 Å². The molecule has 3 aromatic heterocycles. The number of rotatable bonds is 5. The number of benzene rings is 6. The average Bonchev–Trinajstić information content (AvgIpc) is 3.94. The molecule has 9 heteroatoms. The van der Waals surface area contributed by atoms with Gasteiger partial charge in [-0.3, -0.25) is 4.68 Å². The standard InChI is InChI=1S/C60H57BN4O3.Pt/c1-57(2,3)38-15-20-51-47(31-38)61-48-32-39(58(4,5)6)16-21-52(48)68-54-28-37(27-53(67-51)56(54)61)36-14-19-49-46(26-36)45-18-17-43(35-50(45)65(49)55-33-40(22-24-62-55)59(7,8)9)66-44-30-41(60(10,11)12)29-42(34-44)64-25-13-23-63-64;/h13-33H,1-12H3;/q-2;+2. The first-order chi connectivity index (χ1) is 32.2. The maximum absolute atomic E-state index is 6.92. The Labute approximate surface area is 421 Å². The van der Waals surface area contributed by atoms with Crippen molar-refractivity contribution in [3.63, 3.8) is 0 Å². The van der Waals surface area contributed by atoms with Crippen molar-refractivity contribution in [1.29, 1.82) is 0 Å². The van der Waals surface area contributed by atoms with Crippen LogP contribution in [0.1, 0.15) is 105 Å². The van der Waals surface area contributed by atoms with Gasteiger partial charge in [0.25, 0.3) is 6.71 Å². The van der Waals surface area contributed by atoms with Crippen LogP contribution in [0, 0.1) is 12.1 Å². The summed E-state index contributed by atoms with van der Waals surface area (Å²) in [6.07, 6.45) is 5.60. The van der Waals surface area contributed by atoms with Gasteiger partial charge in [0.1, 0.15) is 28.8 Å². The van der Waals surface area contributed by atoms with E-state index in [4.69, 9.17) is 19.2 Å². The molecule has 0 bridgehead atoms. The summed E-state index contributed by atoms with van der Waals surface area (Å²) in [7, 11) is 0. The van der Waals surface area contributed by atoms with Gasteiger partial charge in [0.2, 0.25) is 0 Å². The summed E-state index contributed by atoms with van der Waals surface area (Å²) >= 11 is 0. The molecule has 348 valence electrons. The molecule has 0 amide bonds. The summed E-state index contributed by atoms with van der Waals surface area (Å²) in [6, 6.07) is 46.2. The molecule has 2 aliphatic heterocycles. The Morgan fingerprint density at radius 2 is 1.16 bits per heavy atom. The molecule has 0 fully saturated rings. The van der Waals surface area contributed by atoms with Crippen LogP contribution in [-0.4, -0.2) is 26.0 Å². The molecule has 5 heterocycles. The third-order valence-electron chi connectivity index (χ3n) is 13.7. The van der Waals surface area contributed by atoms with E-state index in [2.05, 4.69) is 202 Å². The van der Waals surface area contributed by atoms with E-state index in [1.54, 1.807) is 6.20 Å². The van der Waals surface area contributed by atoms with Gasteiger partial charge >= 0.3 is 21.1 Å². The fourth-order valence-corrected chi connectivity index (χ4v) is 9.68. The minimum absolute atomic E-state index is 0.